The van der Waals surface area contributed by atoms with E-state index in [4.69, 9.17) is 5.73 Å². The third kappa shape index (κ3) is 1.62. The molecule has 3 unspecified atom stereocenters. The van der Waals surface area contributed by atoms with Crippen LogP contribution in [0.5, 0.6) is 0 Å². The van der Waals surface area contributed by atoms with Crippen molar-refractivity contribution in [3.05, 3.63) is 11.9 Å². The average Bonchev–Trinajstić information content (AvgIpc) is 2.71. The quantitative estimate of drug-likeness (QED) is 0.888. The van der Waals surface area contributed by atoms with Gasteiger partial charge in [-0.2, -0.15) is 0 Å². The fourth-order valence-corrected chi connectivity index (χ4v) is 6.05. The van der Waals surface area contributed by atoms with Crippen molar-refractivity contribution in [3.63, 3.8) is 0 Å². The fraction of sp³-hybridized carbons (Fsp3) is 0.867. The van der Waals surface area contributed by atoms with Gasteiger partial charge < -0.3 is 5.73 Å². The second kappa shape index (κ2) is 3.60. The van der Waals surface area contributed by atoms with E-state index in [-0.39, 0.29) is 6.04 Å². The number of rotatable bonds is 2. The zero-order chi connectivity index (χ0) is 13.3. The van der Waals surface area contributed by atoms with Crippen molar-refractivity contribution in [1.29, 1.82) is 0 Å². The van der Waals surface area contributed by atoms with E-state index in [2.05, 4.69) is 17.2 Å². The first-order chi connectivity index (χ1) is 9.00. The third-order valence-corrected chi connectivity index (χ3v) is 6.13. The first-order valence-corrected chi connectivity index (χ1v) is 7.60. The monoisotopic (exact) mass is 260 g/mol. The van der Waals surface area contributed by atoms with Gasteiger partial charge in [-0.25, -0.2) is 0 Å². The van der Waals surface area contributed by atoms with Crippen LogP contribution in [0.1, 0.15) is 57.2 Å². The molecular formula is C15H24N4. The molecule has 104 valence electrons. The molecule has 4 saturated carbocycles. The Morgan fingerprint density at radius 2 is 2.00 bits per heavy atom. The molecule has 4 heteroatoms. The number of nitrogens with two attached hydrogens (primary N) is 1. The molecule has 5 rings (SSSR count). The Kier molecular flexibility index (Phi) is 2.25. The van der Waals surface area contributed by atoms with Gasteiger partial charge in [-0.3, -0.25) is 4.68 Å². The normalized spacial score (nSPS) is 45.6. The molecule has 4 aliphatic carbocycles. The van der Waals surface area contributed by atoms with Gasteiger partial charge in [0, 0.05) is 7.05 Å². The van der Waals surface area contributed by atoms with Gasteiger partial charge in [-0.05, 0) is 61.2 Å². The van der Waals surface area contributed by atoms with Gasteiger partial charge in [-0.1, -0.05) is 12.1 Å². The van der Waals surface area contributed by atoms with Gasteiger partial charge >= 0.3 is 0 Å². The summed E-state index contributed by atoms with van der Waals surface area (Å²) in [6, 6.07) is 0.109. The zero-order valence-corrected chi connectivity index (χ0v) is 12.0. The van der Waals surface area contributed by atoms with E-state index >= 15 is 0 Å². The topological polar surface area (TPSA) is 56.7 Å². The lowest BCUT2D eigenvalue weighted by Crippen LogP contribution is -2.54. The first-order valence-electron chi connectivity index (χ1n) is 7.60. The summed E-state index contributed by atoms with van der Waals surface area (Å²) in [4.78, 5) is 0. The summed E-state index contributed by atoms with van der Waals surface area (Å²) in [5, 5.41) is 8.09. The van der Waals surface area contributed by atoms with Crippen LogP contribution in [0.3, 0.4) is 0 Å². The van der Waals surface area contributed by atoms with E-state index in [1.807, 2.05) is 17.9 Å². The van der Waals surface area contributed by atoms with Crippen LogP contribution in [0.25, 0.3) is 0 Å². The lowest BCUT2D eigenvalue weighted by molar-refractivity contribution is -0.114. The number of nitrogens with zero attached hydrogens (tertiary/aromatic N) is 3. The van der Waals surface area contributed by atoms with E-state index in [0.29, 0.717) is 10.8 Å². The lowest BCUT2D eigenvalue weighted by atomic mass is 9.43. The molecule has 2 N–H and O–H groups in total. The van der Waals surface area contributed by atoms with Crippen LogP contribution in [-0.2, 0) is 7.05 Å². The van der Waals surface area contributed by atoms with E-state index in [1.54, 1.807) is 0 Å². The molecule has 0 aliphatic heterocycles. The molecule has 19 heavy (non-hydrogen) atoms. The summed E-state index contributed by atoms with van der Waals surface area (Å²) >= 11 is 0. The molecular weight excluding hydrogens is 236 g/mol. The smallest absolute Gasteiger partial charge is 0.0756 e. The Hall–Kier alpha value is -0.900. The van der Waals surface area contributed by atoms with Crippen molar-refractivity contribution in [2.75, 3.05) is 0 Å². The summed E-state index contributed by atoms with van der Waals surface area (Å²) in [5.74, 6) is 1.83. The SMILES string of the molecule is Cn1nncc1C(N)C12CC3CC(CC(C)(C3)C1)C2. The van der Waals surface area contributed by atoms with Crippen LogP contribution < -0.4 is 5.73 Å². The number of hydrogen-bond donors (Lipinski definition) is 1. The summed E-state index contributed by atoms with van der Waals surface area (Å²) in [6.07, 6.45) is 10.1. The number of hydrogen-bond acceptors (Lipinski definition) is 3. The molecule has 1 aromatic rings. The Balaban J connectivity index is 1.72. The molecule has 1 aromatic heterocycles. The number of aromatic nitrogens is 3. The van der Waals surface area contributed by atoms with Gasteiger partial charge in [-0.15, -0.1) is 5.10 Å². The summed E-state index contributed by atoms with van der Waals surface area (Å²) in [7, 11) is 1.96. The molecule has 0 aromatic carbocycles. The average molecular weight is 260 g/mol. The lowest BCUT2D eigenvalue weighted by Gasteiger charge is -2.63. The van der Waals surface area contributed by atoms with Crippen molar-refractivity contribution >= 4 is 0 Å². The minimum absolute atomic E-state index is 0.109. The van der Waals surface area contributed by atoms with Gasteiger partial charge in [0.25, 0.3) is 0 Å². The van der Waals surface area contributed by atoms with Crippen LogP contribution in [0.4, 0.5) is 0 Å². The highest BCUT2D eigenvalue weighted by molar-refractivity contribution is 5.15. The maximum Gasteiger partial charge on any atom is 0.0756 e. The van der Waals surface area contributed by atoms with E-state index in [1.165, 1.54) is 38.5 Å². The molecule has 4 bridgehead atoms. The molecule has 4 fully saturated rings. The van der Waals surface area contributed by atoms with Crippen molar-refractivity contribution in [3.8, 4) is 0 Å². The highest BCUT2D eigenvalue weighted by Crippen LogP contribution is 2.67. The third-order valence-electron chi connectivity index (χ3n) is 6.13. The van der Waals surface area contributed by atoms with Crippen molar-refractivity contribution in [2.24, 2.45) is 35.4 Å². The van der Waals surface area contributed by atoms with Gasteiger partial charge in [0.15, 0.2) is 0 Å². The zero-order valence-electron chi connectivity index (χ0n) is 12.0. The van der Waals surface area contributed by atoms with Crippen molar-refractivity contribution in [1.82, 2.24) is 15.0 Å². The largest absolute Gasteiger partial charge is 0.322 e. The first kappa shape index (κ1) is 11.9. The summed E-state index contributed by atoms with van der Waals surface area (Å²) < 4.78 is 1.87. The van der Waals surface area contributed by atoms with Gasteiger partial charge in [0.2, 0.25) is 0 Å². The van der Waals surface area contributed by atoms with Crippen LogP contribution in [-0.4, -0.2) is 15.0 Å². The van der Waals surface area contributed by atoms with E-state index < -0.39 is 0 Å². The predicted octanol–water partition coefficient (Wildman–Crippen LogP) is 2.42. The standard InChI is InChI=1S/C15H24N4/c1-14-4-10-3-11(5-14)7-15(6-10,9-14)13(16)12-8-17-18-19(12)2/h8,10-11,13H,3-7,9,16H2,1-2H3. The second-order valence-corrected chi connectivity index (χ2v) is 7.89. The molecule has 4 nitrogen and oxygen atoms in total. The highest BCUT2D eigenvalue weighted by atomic mass is 15.4. The second-order valence-electron chi connectivity index (χ2n) is 7.89. The summed E-state index contributed by atoms with van der Waals surface area (Å²) in [6.45, 7) is 2.49. The fourth-order valence-electron chi connectivity index (χ4n) is 6.05. The summed E-state index contributed by atoms with van der Waals surface area (Å²) in [5.41, 5.74) is 8.68. The maximum absolute atomic E-state index is 6.70. The van der Waals surface area contributed by atoms with E-state index in [0.717, 1.165) is 17.5 Å². The molecule has 0 radical (unpaired) electrons. The molecule has 1 heterocycles. The van der Waals surface area contributed by atoms with Crippen LogP contribution in [0, 0.1) is 22.7 Å². The highest BCUT2D eigenvalue weighted by Gasteiger charge is 2.58. The van der Waals surface area contributed by atoms with Gasteiger partial charge in [0.1, 0.15) is 0 Å². The predicted molar refractivity (Wildman–Crippen MR) is 73.2 cm³/mol. The Bertz CT molecular complexity index is 492. The number of aryl methyl sites for hydroxylation is 1. The van der Waals surface area contributed by atoms with Crippen LogP contribution >= 0.6 is 0 Å². The molecule has 4 aliphatic rings. The Morgan fingerprint density at radius 3 is 2.53 bits per heavy atom. The Morgan fingerprint density at radius 1 is 1.32 bits per heavy atom. The molecule has 0 amide bonds. The Labute approximate surface area is 114 Å². The van der Waals surface area contributed by atoms with Crippen molar-refractivity contribution in [2.45, 2.75) is 51.5 Å². The van der Waals surface area contributed by atoms with Crippen LogP contribution in [0.15, 0.2) is 6.20 Å². The minimum Gasteiger partial charge on any atom is -0.322 e. The molecule has 0 saturated heterocycles. The van der Waals surface area contributed by atoms with Crippen molar-refractivity contribution < 1.29 is 0 Å². The van der Waals surface area contributed by atoms with E-state index in [9.17, 15) is 0 Å². The van der Waals surface area contributed by atoms with Crippen LogP contribution in [0.2, 0.25) is 0 Å². The molecule has 0 spiro atoms. The minimum atomic E-state index is 0.109. The molecule has 3 atom stereocenters. The van der Waals surface area contributed by atoms with Gasteiger partial charge in [0.05, 0.1) is 17.9 Å². The maximum atomic E-state index is 6.70.